The third-order valence-corrected chi connectivity index (χ3v) is 5.12. The summed E-state index contributed by atoms with van der Waals surface area (Å²) in [5.41, 5.74) is 5.62. The third-order valence-electron chi connectivity index (χ3n) is 5.12. The maximum absolute atomic E-state index is 12.6. The van der Waals surface area contributed by atoms with Gasteiger partial charge in [-0.3, -0.25) is 9.89 Å². The number of hydrogen-bond donors (Lipinski definition) is 1. The molecule has 0 radical (unpaired) electrons. The fourth-order valence-corrected chi connectivity index (χ4v) is 3.73. The van der Waals surface area contributed by atoms with Crippen molar-refractivity contribution in [3.05, 3.63) is 40.5 Å². The number of aromatic nitrogens is 3. The number of aromatic amines is 1. The Morgan fingerprint density at radius 2 is 1.78 bits per heavy atom. The lowest BCUT2D eigenvalue weighted by atomic mass is 10.0. The summed E-state index contributed by atoms with van der Waals surface area (Å²) in [7, 11) is 0. The summed E-state index contributed by atoms with van der Waals surface area (Å²) >= 11 is 0. The van der Waals surface area contributed by atoms with Crippen molar-refractivity contribution in [3.8, 4) is 0 Å². The normalized spacial score (nSPS) is 16.1. The smallest absolute Gasteiger partial charge is 0.227 e. The molecule has 0 unspecified atom stereocenters. The maximum Gasteiger partial charge on any atom is 0.227 e. The fourth-order valence-electron chi connectivity index (χ4n) is 3.73. The Balaban J connectivity index is 1.62. The van der Waals surface area contributed by atoms with Crippen LogP contribution in [0.15, 0.2) is 12.1 Å². The summed E-state index contributed by atoms with van der Waals surface area (Å²) in [5, 5.41) is 7.14. The van der Waals surface area contributed by atoms with Crippen LogP contribution in [0.25, 0.3) is 0 Å². The Morgan fingerprint density at radius 3 is 2.30 bits per heavy atom. The summed E-state index contributed by atoms with van der Waals surface area (Å²) in [4.78, 5) is 14.6. The van der Waals surface area contributed by atoms with Crippen molar-refractivity contribution in [1.29, 1.82) is 0 Å². The van der Waals surface area contributed by atoms with Gasteiger partial charge in [-0.15, -0.1) is 0 Å². The number of aryl methyl sites for hydroxylation is 4. The summed E-state index contributed by atoms with van der Waals surface area (Å²) < 4.78 is 2.42. The quantitative estimate of drug-likeness (QED) is 0.947. The molecular formula is C18H26N4O. The van der Waals surface area contributed by atoms with E-state index < -0.39 is 0 Å². The lowest BCUT2D eigenvalue weighted by molar-refractivity contribution is -0.131. The SMILES string of the molecule is Cc1n[nH]c(C)c1CC(=O)N1CCC(n2c(C)ccc2C)CC1. The molecule has 1 fully saturated rings. The summed E-state index contributed by atoms with van der Waals surface area (Å²) in [6, 6.07) is 4.88. The Morgan fingerprint density at radius 1 is 1.17 bits per heavy atom. The molecule has 3 rings (SSSR count). The van der Waals surface area contributed by atoms with Gasteiger partial charge in [-0.2, -0.15) is 5.10 Å². The monoisotopic (exact) mass is 314 g/mol. The first-order valence-electron chi connectivity index (χ1n) is 8.40. The largest absolute Gasteiger partial charge is 0.346 e. The van der Waals surface area contributed by atoms with Crippen LogP contribution < -0.4 is 0 Å². The van der Waals surface area contributed by atoms with E-state index in [9.17, 15) is 4.79 Å². The number of hydrogen-bond acceptors (Lipinski definition) is 2. The molecule has 0 spiro atoms. The van der Waals surface area contributed by atoms with Crippen LogP contribution in [0.2, 0.25) is 0 Å². The number of rotatable bonds is 3. The highest BCUT2D eigenvalue weighted by Gasteiger charge is 2.25. The highest BCUT2D eigenvalue weighted by molar-refractivity contribution is 5.79. The fraction of sp³-hybridized carbons (Fsp3) is 0.556. The number of H-pyrrole nitrogens is 1. The number of carbonyl (C=O) groups excluding carboxylic acids is 1. The van der Waals surface area contributed by atoms with Crippen LogP contribution in [0.5, 0.6) is 0 Å². The molecule has 1 aliphatic rings. The number of piperidine rings is 1. The number of likely N-dealkylation sites (tertiary alicyclic amines) is 1. The molecule has 3 heterocycles. The van der Waals surface area contributed by atoms with Gasteiger partial charge < -0.3 is 9.47 Å². The molecule has 1 aliphatic heterocycles. The Kier molecular flexibility index (Phi) is 4.28. The van der Waals surface area contributed by atoms with Crippen molar-refractivity contribution in [2.24, 2.45) is 0 Å². The first-order chi connectivity index (χ1) is 11.0. The topological polar surface area (TPSA) is 53.9 Å². The summed E-state index contributed by atoms with van der Waals surface area (Å²) in [5.74, 6) is 0.219. The number of amides is 1. The second kappa shape index (κ2) is 6.22. The van der Waals surface area contributed by atoms with Gasteiger partial charge in [0, 0.05) is 41.8 Å². The minimum Gasteiger partial charge on any atom is -0.346 e. The van der Waals surface area contributed by atoms with E-state index in [2.05, 4.69) is 40.7 Å². The minimum absolute atomic E-state index is 0.219. The van der Waals surface area contributed by atoms with E-state index in [-0.39, 0.29) is 5.91 Å². The van der Waals surface area contributed by atoms with Gasteiger partial charge in [0.25, 0.3) is 0 Å². The molecule has 124 valence electrons. The van der Waals surface area contributed by atoms with Gasteiger partial charge in [0.2, 0.25) is 5.91 Å². The lowest BCUT2D eigenvalue weighted by Gasteiger charge is -2.34. The molecule has 0 atom stereocenters. The average molecular weight is 314 g/mol. The van der Waals surface area contributed by atoms with Crippen LogP contribution in [-0.2, 0) is 11.2 Å². The van der Waals surface area contributed by atoms with E-state index in [1.165, 1.54) is 11.4 Å². The molecule has 0 aliphatic carbocycles. The van der Waals surface area contributed by atoms with Crippen molar-refractivity contribution in [2.45, 2.75) is 53.0 Å². The predicted molar refractivity (Wildman–Crippen MR) is 90.5 cm³/mol. The molecule has 1 saturated heterocycles. The summed E-state index contributed by atoms with van der Waals surface area (Å²) in [6.07, 6.45) is 2.53. The Hall–Kier alpha value is -2.04. The molecule has 2 aromatic rings. The Bertz CT molecular complexity index is 666. The van der Waals surface area contributed by atoms with Gasteiger partial charge in [0.05, 0.1) is 12.1 Å². The average Bonchev–Trinajstić information content (AvgIpc) is 3.03. The van der Waals surface area contributed by atoms with Gasteiger partial charge in [-0.05, 0) is 52.7 Å². The van der Waals surface area contributed by atoms with Gasteiger partial charge in [0.15, 0.2) is 0 Å². The zero-order chi connectivity index (χ0) is 16.6. The number of nitrogens with zero attached hydrogens (tertiary/aromatic N) is 3. The van der Waals surface area contributed by atoms with E-state index in [1.807, 2.05) is 18.7 Å². The van der Waals surface area contributed by atoms with Crippen molar-refractivity contribution in [1.82, 2.24) is 19.7 Å². The van der Waals surface area contributed by atoms with Gasteiger partial charge in [-0.25, -0.2) is 0 Å². The van der Waals surface area contributed by atoms with Crippen LogP contribution in [0.4, 0.5) is 0 Å². The van der Waals surface area contributed by atoms with Crippen LogP contribution in [0.1, 0.15) is 47.2 Å². The molecule has 2 aromatic heterocycles. The second-order valence-electron chi connectivity index (χ2n) is 6.69. The number of nitrogens with one attached hydrogen (secondary N) is 1. The Labute approximate surface area is 137 Å². The molecule has 0 saturated carbocycles. The second-order valence-corrected chi connectivity index (χ2v) is 6.69. The molecule has 1 N–H and O–H groups in total. The van der Waals surface area contributed by atoms with E-state index in [1.54, 1.807) is 0 Å². The maximum atomic E-state index is 12.6. The predicted octanol–water partition coefficient (Wildman–Crippen LogP) is 2.85. The lowest BCUT2D eigenvalue weighted by Crippen LogP contribution is -2.40. The standard InChI is InChI=1S/C18H26N4O/c1-12-5-6-13(2)22(12)16-7-9-21(10-8-16)18(23)11-17-14(3)19-20-15(17)4/h5-6,16H,7-11H2,1-4H3,(H,19,20). The zero-order valence-electron chi connectivity index (χ0n) is 14.5. The molecule has 0 aromatic carbocycles. The van der Waals surface area contributed by atoms with Crippen LogP contribution >= 0.6 is 0 Å². The van der Waals surface area contributed by atoms with Crippen molar-refractivity contribution < 1.29 is 4.79 Å². The highest BCUT2D eigenvalue weighted by Crippen LogP contribution is 2.27. The zero-order valence-corrected chi connectivity index (χ0v) is 14.5. The molecule has 23 heavy (non-hydrogen) atoms. The van der Waals surface area contributed by atoms with Crippen molar-refractivity contribution in [3.63, 3.8) is 0 Å². The van der Waals surface area contributed by atoms with E-state index in [4.69, 9.17) is 0 Å². The molecule has 5 heteroatoms. The van der Waals surface area contributed by atoms with Crippen LogP contribution in [0, 0.1) is 27.7 Å². The minimum atomic E-state index is 0.219. The van der Waals surface area contributed by atoms with E-state index >= 15 is 0 Å². The molecule has 0 bridgehead atoms. The first-order valence-corrected chi connectivity index (χ1v) is 8.40. The molecule has 5 nitrogen and oxygen atoms in total. The van der Waals surface area contributed by atoms with Crippen molar-refractivity contribution in [2.75, 3.05) is 13.1 Å². The van der Waals surface area contributed by atoms with Gasteiger partial charge in [0.1, 0.15) is 0 Å². The molecule has 1 amide bonds. The van der Waals surface area contributed by atoms with Crippen LogP contribution in [0.3, 0.4) is 0 Å². The van der Waals surface area contributed by atoms with E-state index in [0.717, 1.165) is 42.9 Å². The highest BCUT2D eigenvalue weighted by atomic mass is 16.2. The number of carbonyl (C=O) groups is 1. The van der Waals surface area contributed by atoms with Gasteiger partial charge >= 0.3 is 0 Å². The van der Waals surface area contributed by atoms with Crippen molar-refractivity contribution >= 4 is 5.91 Å². The van der Waals surface area contributed by atoms with Gasteiger partial charge in [-0.1, -0.05) is 0 Å². The van der Waals surface area contributed by atoms with E-state index in [0.29, 0.717) is 12.5 Å². The summed E-state index contributed by atoms with van der Waals surface area (Å²) in [6.45, 7) is 9.94. The van der Waals surface area contributed by atoms with Crippen LogP contribution in [-0.4, -0.2) is 38.7 Å². The third kappa shape index (κ3) is 3.05. The molecular weight excluding hydrogens is 288 g/mol. The first kappa shape index (κ1) is 15.8.